The predicted molar refractivity (Wildman–Crippen MR) is 112 cm³/mol. The van der Waals surface area contributed by atoms with Gasteiger partial charge in [0.1, 0.15) is 23.6 Å². The van der Waals surface area contributed by atoms with Gasteiger partial charge in [-0.05, 0) is 49.1 Å². The Labute approximate surface area is 180 Å². The Balaban J connectivity index is 0.000000396. The number of alkyl halides is 3. The van der Waals surface area contributed by atoms with Gasteiger partial charge in [0, 0.05) is 6.42 Å². The highest BCUT2D eigenvalue weighted by Gasteiger charge is 2.47. The Morgan fingerprint density at radius 3 is 2.20 bits per heavy atom. The number of hydrogen-bond donors (Lipinski definition) is 1. The van der Waals surface area contributed by atoms with E-state index in [1.807, 2.05) is 0 Å². The van der Waals surface area contributed by atoms with E-state index in [-0.39, 0.29) is 30.1 Å². The SMILES string of the molecule is CCc1ccc(CCC2(C3CCCC3)CC(=O)CC(=O)O2)cc1.NSCC(F)(F)F. The third-order valence-electron chi connectivity index (χ3n) is 5.77. The molecule has 1 atom stereocenters. The summed E-state index contributed by atoms with van der Waals surface area (Å²) < 4.78 is 38.7. The molecule has 0 bridgehead atoms. The molecule has 3 rings (SSSR count). The van der Waals surface area contributed by atoms with E-state index in [0.717, 1.165) is 32.1 Å². The first kappa shape index (κ1) is 24.7. The second-order valence-corrected chi connectivity index (χ2v) is 8.63. The zero-order valence-electron chi connectivity index (χ0n) is 17.3. The summed E-state index contributed by atoms with van der Waals surface area (Å²) in [5.74, 6) is -0.887. The van der Waals surface area contributed by atoms with Crippen LogP contribution in [-0.2, 0) is 27.2 Å². The first-order valence-electron chi connectivity index (χ1n) is 10.4. The first-order chi connectivity index (χ1) is 14.2. The van der Waals surface area contributed by atoms with Crippen LogP contribution in [0.4, 0.5) is 13.2 Å². The van der Waals surface area contributed by atoms with E-state index >= 15 is 0 Å². The molecule has 1 unspecified atom stereocenters. The Morgan fingerprint density at radius 1 is 1.13 bits per heavy atom. The van der Waals surface area contributed by atoms with Gasteiger partial charge in [-0.2, -0.15) is 13.2 Å². The monoisotopic (exact) mass is 445 g/mol. The fourth-order valence-electron chi connectivity index (χ4n) is 4.27. The van der Waals surface area contributed by atoms with Crippen molar-refractivity contribution in [2.24, 2.45) is 11.1 Å². The number of hydrogen-bond acceptors (Lipinski definition) is 5. The summed E-state index contributed by atoms with van der Waals surface area (Å²) in [7, 11) is 0. The standard InChI is InChI=1S/C20H26O3.C2H4F3NS/c1-2-15-7-9-16(10-8-15)11-12-20(17-5-3-4-6-17)14-18(21)13-19(22)23-20;3-2(4,5)1-7-6/h7-10,17H,2-6,11-14H2,1H3;1,6H2. The summed E-state index contributed by atoms with van der Waals surface area (Å²) in [5, 5.41) is 4.51. The van der Waals surface area contributed by atoms with Crippen molar-refractivity contribution in [3.63, 3.8) is 0 Å². The van der Waals surface area contributed by atoms with E-state index in [0.29, 0.717) is 12.3 Å². The van der Waals surface area contributed by atoms with Crippen LogP contribution >= 0.6 is 11.9 Å². The fraction of sp³-hybridized carbons (Fsp3) is 0.636. The molecule has 2 N–H and O–H groups in total. The number of Topliss-reactive ketones (excluding diaryl/α,β-unsaturated/α-hetero) is 1. The van der Waals surface area contributed by atoms with Gasteiger partial charge in [0.15, 0.2) is 0 Å². The smallest absolute Gasteiger partial charge is 0.399 e. The van der Waals surface area contributed by atoms with Crippen molar-refractivity contribution in [3.05, 3.63) is 35.4 Å². The van der Waals surface area contributed by atoms with E-state index < -0.39 is 17.5 Å². The summed E-state index contributed by atoms with van der Waals surface area (Å²) in [6.45, 7) is 2.15. The molecular formula is C22H30F3NO3S. The van der Waals surface area contributed by atoms with Gasteiger partial charge in [-0.25, -0.2) is 0 Å². The van der Waals surface area contributed by atoms with Gasteiger partial charge in [-0.15, -0.1) is 0 Å². The minimum atomic E-state index is -4.11. The zero-order valence-corrected chi connectivity index (χ0v) is 18.1. The molecule has 0 amide bonds. The molecule has 1 saturated carbocycles. The lowest BCUT2D eigenvalue weighted by molar-refractivity contribution is -0.178. The lowest BCUT2D eigenvalue weighted by atomic mass is 9.76. The predicted octanol–water partition coefficient (Wildman–Crippen LogP) is 5.17. The Hall–Kier alpha value is -1.54. The molecule has 1 aromatic carbocycles. The third-order valence-corrected chi connectivity index (χ3v) is 6.26. The minimum Gasteiger partial charge on any atom is -0.458 e. The third kappa shape index (κ3) is 7.61. The zero-order chi connectivity index (χ0) is 22.2. The number of aryl methyl sites for hydroxylation is 2. The van der Waals surface area contributed by atoms with Crippen molar-refractivity contribution in [2.45, 2.75) is 76.5 Å². The van der Waals surface area contributed by atoms with Crippen molar-refractivity contribution in [2.75, 3.05) is 5.75 Å². The van der Waals surface area contributed by atoms with Crippen molar-refractivity contribution in [1.29, 1.82) is 0 Å². The van der Waals surface area contributed by atoms with Crippen molar-refractivity contribution in [3.8, 4) is 0 Å². The van der Waals surface area contributed by atoms with Gasteiger partial charge >= 0.3 is 12.1 Å². The van der Waals surface area contributed by atoms with E-state index in [4.69, 9.17) is 4.74 Å². The molecule has 1 aliphatic carbocycles. The maximum Gasteiger partial charge on any atom is 0.399 e. The average molecular weight is 446 g/mol. The number of benzene rings is 1. The number of carbonyl (C=O) groups is 2. The number of cyclic esters (lactones) is 1. The van der Waals surface area contributed by atoms with Crippen LogP contribution < -0.4 is 5.14 Å². The number of rotatable bonds is 6. The molecule has 4 nitrogen and oxygen atoms in total. The van der Waals surface area contributed by atoms with Gasteiger partial charge in [-0.1, -0.05) is 56.0 Å². The number of halogens is 3. The molecule has 1 heterocycles. The molecule has 1 saturated heterocycles. The van der Waals surface area contributed by atoms with Gasteiger partial charge < -0.3 is 4.74 Å². The van der Waals surface area contributed by atoms with Gasteiger partial charge in [-0.3, -0.25) is 14.7 Å². The Morgan fingerprint density at radius 2 is 1.73 bits per heavy atom. The highest BCUT2D eigenvalue weighted by Crippen LogP contribution is 2.43. The largest absolute Gasteiger partial charge is 0.458 e. The Kier molecular flexibility index (Phi) is 9.22. The fourth-order valence-corrected chi connectivity index (χ4v) is 4.46. The van der Waals surface area contributed by atoms with Crippen LogP contribution in [0, 0.1) is 5.92 Å². The van der Waals surface area contributed by atoms with Crippen molar-refractivity contribution < 1.29 is 27.5 Å². The second kappa shape index (κ2) is 11.2. The van der Waals surface area contributed by atoms with Crippen LogP contribution in [0.3, 0.4) is 0 Å². The number of ether oxygens (including phenoxy) is 1. The summed E-state index contributed by atoms with van der Waals surface area (Å²) in [6, 6.07) is 8.65. The highest BCUT2D eigenvalue weighted by atomic mass is 32.2. The maximum atomic E-state index is 12.0. The van der Waals surface area contributed by atoms with Crippen LogP contribution in [0.2, 0.25) is 0 Å². The van der Waals surface area contributed by atoms with Gasteiger partial charge in [0.2, 0.25) is 0 Å². The van der Waals surface area contributed by atoms with Gasteiger partial charge in [0.25, 0.3) is 0 Å². The molecule has 1 aromatic rings. The minimum absolute atomic E-state index is 0.0420. The lowest BCUT2D eigenvalue weighted by Gasteiger charge is -2.41. The summed E-state index contributed by atoms with van der Waals surface area (Å²) in [4.78, 5) is 23.9. The van der Waals surface area contributed by atoms with Crippen LogP contribution in [0.1, 0.15) is 63.0 Å². The van der Waals surface area contributed by atoms with Crippen LogP contribution in [0.5, 0.6) is 0 Å². The molecular weight excluding hydrogens is 415 g/mol. The number of carbonyl (C=O) groups excluding carboxylic acids is 2. The van der Waals surface area contributed by atoms with E-state index in [2.05, 4.69) is 36.3 Å². The number of esters is 1. The summed E-state index contributed by atoms with van der Waals surface area (Å²) in [5.41, 5.74) is 2.04. The molecule has 0 spiro atoms. The van der Waals surface area contributed by atoms with E-state index in [1.54, 1.807) is 0 Å². The van der Waals surface area contributed by atoms with E-state index in [1.165, 1.54) is 24.0 Å². The van der Waals surface area contributed by atoms with Gasteiger partial charge in [0.05, 0.1) is 0 Å². The highest BCUT2D eigenvalue weighted by molar-refractivity contribution is 7.97. The molecule has 0 radical (unpaired) electrons. The number of ketones is 1. The van der Waals surface area contributed by atoms with Crippen molar-refractivity contribution in [1.82, 2.24) is 0 Å². The van der Waals surface area contributed by atoms with Crippen LogP contribution in [0.15, 0.2) is 24.3 Å². The van der Waals surface area contributed by atoms with Crippen LogP contribution in [-0.4, -0.2) is 29.3 Å². The topological polar surface area (TPSA) is 69.4 Å². The summed E-state index contributed by atoms with van der Waals surface area (Å²) >= 11 is 0.284. The Bertz CT molecular complexity index is 685. The molecule has 30 heavy (non-hydrogen) atoms. The van der Waals surface area contributed by atoms with Crippen LogP contribution in [0.25, 0.3) is 0 Å². The average Bonchev–Trinajstić information content (AvgIpc) is 3.21. The second-order valence-electron chi connectivity index (χ2n) is 8.01. The maximum absolute atomic E-state index is 12.0. The quantitative estimate of drug-likeness (QED) is 0.372. The summed E-state index contributed by atoms with van der Waals surface area (Å²) in [6.07, 6.45) is 3.45. The normalized spacial score (nSPS) is 22.4. The molecule has 1 aliphatic heterocycles. The first-order valence-corrected chi connectivity index (χ1v) is 11.4. The molecule has 2 aliphatic rings. The molecule has 8 heteroatoms. The molecule has 0 aromatic heterocycles. The molecule has 168 valence electrons. The van der Waals surface area contributed by atoms with E-state index in [9.17, 15) is 22.8 Å². The van der Waals surface area contributed by atoms with Crippen molar-refractivity contribution >= 4 is 23.7 Å². The lowest BCUT2D eigenvalue weighted by Crippen LogP contribution is -2.48. The number of nitrogens with two attached hydrogens (primary N) is 1. The molecule has 2 fully saturated rings.